The minimum Gasteiger partial charge on any atom is -0.494 e. The number of piperazine rings is 1. The smallest absolute Gasteiger partial charge is 0.229 e. The van der Waals surface area contributed by atoms with Gasteiger partial charge in [0.05, 0.1) is 34.9 Å². The van der Waals surface area contributed by atoms with E-state index in [1.54, 1.807) is 32.8 Å². The summed E-state index contributed by atoms with van der Waals surface area (Å²) in [5.41, 5.74) is 6.15. The highest BCUT2D eigenvalue weighted by molar-refractivity contribution is 9.10. The summed E-state index contributed by atoms with van der Waals surface area (Å²) in [4.78, 5) is 26.4. The van der Waals surface area contributed by atoms with E-state index >= 15 is 0 Å². The molecular weight excluding hydrogens is 689 g/mol. The summed E-state index contributed by atoms with van der Waals surface area (Å²) in [6.07, 6.45) is 8.51. The molecule has 48 heavy (non-hydrogen) atoms. The molecule has 0 spiro atoms. The maximum absolute atomic E-state index is 5.93. The molecule has 256 valence electrons. The molecule has 2 aliphatic heterocycles. The number of hydrogen-bond donors (Lipinski definition) is 2. The number of rotatable bonds is 12. The van der Waals surface area contributed by atoms with Gasteiger partial charge in [-0.2, -0.15) is 4.98 Å². The van der Waals surface area contributed by atoms with Gasteiger partial charge in [0.1, 0.15) is 11.6 Å². The van der Waals surface area contributed by atoms with E-state index in [0.717, 1.165) is 96.8 Å². The van der Waals surface area contributed by atoms with Crippen molar-refractivity contribution in [1.29, 1.82) is 0 Å². The average Bonchev–Trinajstić information content (AvgIpc) is 3.12. The highest BCUT2D eigenvalue weighted by Gasteiger charge is 2.28. The molecule has 0 amide bonds. The van der Waals surface area contributed by atoms with Crippen molar-refractivity contribution in [3.05, 3.63) is 52.9 Å². The summed E-state index contributed by atoms with van der Waals surface area (Å²) in [6, 6.07) is 9.07. The second kappa shape index (κ2) is 16.0. The van der Waals surface area contributed by atoms with Gasteiger partial charge in [0.2, 0.25) is 5.95 Å². The summed E-state index contributed by atoms with van der Waals surface area (Å²) < 4.78 is 12.0. The zero-order valence-corrected chi connectivity index (χ0v) is 31.1. The monoisotopic (exact) mass is 735 g/mol. The van der Waals surface area contributed by atoms with Crippen LogP contribution < -0.4 is 25.6 Å². The van der Waals surface area contributed by atoms with Gasteiger partial charge in [-0.05, 0) is 72.3 Å². The third kappa shape index (κ3) is 7.84. The lowest BCUT2D eigenvalue weighted by Gasteiger charge is -2.43. The van der Waals surface area contributed by atoms with Gasteiger partial charge in [0, 0.05) is 100 Å². The zero-order valence-electron chi connectivity index (χ0n) is 28.7. The standard InChI is InChI=1S/C35H47BrN9O2P/c1-6-24-21-29(31(47-3)22-30(24)45-13-9-25(10-14-45)44-17-15-43(16-18-44)19-20-46-2)41-35-39-23-26(36)34(42-35)40-28-8-7-27-32(33(28)48(4)5)38-12-11-37-27/h7-8,11-12,21-23,25H,6,9-10,13-20H2,1-5H3,(H2,39,40,41,42). The minimum atomic E-state index is -0.468. The molecule has 0 saturated carbocycles. The van der Waals surface area contributed by atoms with Crippen molar-refractivity contribution < 1.29 is 9.47 Å². The first-order chi connectivity index (χ1) is 23.4. The molecule has 0 unspecified atom stereocenters. The van der Waals surface area contributed by atoms with Gasteiger partial charge in [-0.3, -0.25) is 19.8 Å². The topological polar surface area (TPSA) is 104 Å². The van der Waals surface area contributed by atoms with Crippen LogP contribution in [0.15, 0.2) is 47.3 Å². The van der Waals surface area contributed by atoms with Crippen LogP contribution in [0.1, 0.15) is 25.3 Å². The molecule has 2 aromatic heterocycles. The van der Waals surface area contributed by atoms with Gasteiger partial charge >= 0.3 is 0 Å². The predicted molar refractivity (Wildman–Crippen MR) is 202 cm³/mol. The van der Waals surface area contributed by atoms with Gasteiger partial charge in [-0.15, -0.1) is 0 Å². The molecule has 2 aromatic carbocycles. The van der Waals surface area contributed by atoms with Crippen molar-refractivity contribution in [2.75, 3.05) is 95.5 Å². The quantitative estimate of drug-likeness (QED) is 0.172. The predicted octanol–water partition coefficient (Wildman–Crippen LogP) is 5.84. The summed E-state index contributed by atoms with van der Waals surface area (Å²) in [5.74, 6) is 1.92. The Bertz CT molecular complexity index is 1690. The SMILES string of the molecule is CCc1cc(Nc2ncc(Br)c(Nc3ccc4nccnc4c3P(C)C)n2)c(OC)cc1N1CCC(N2CCN(CCOC)CC2)CC1. The van der Waals surface area contributed by atoms with Crippen LogP contribution in [0.25, 0.3) is 11.0 Å². The van der Waals surface area contributed by atoms with E-state index in [-0.39, 0.29) is 0 Å². The minimum absolute atomic E-state index is 0.468. The second-order valence-corrected chi connectivity index (χ2v) is 15.6. The van der Waals surface area contributed by atoms with Crippen LogP contribution in [0, 0.1) is 0 Å². The van der Waals surface area contributed by atoms with Crippen LogP contribution in [-0.2, 0) is 11.2 Å². The van der Waals surface area contributed by atoms with Gasteiger partial charge in [-0.1, -0.05) is 14.8 Å². The largest absolute Gasteiger partial charge is 0.494 e. The third-order valence-corrected chi connectivity index (χ3v) is 11.4. The lowest BCUT2D eigenvalue weighted by Crippen LogP contribution is -2.53. The van der Waals surface area contributed by atoms with Crippen LogP contribution in [0.2, 0.25) is 0 Å². The number of nitrogens with zero attached hydrogens (tertiary/aromatic N) is 7. The Morgan fingerprint density at radius 2 is 1.71 bits per heavy atom. The Kier molecular flexibility index (Phi) is 11.6. The van der Waals surface area contributed by atoms with Crippen molar-refractivity contribution in [1.82, 2.24) is 29.7 Å². The molecule has 2 aliphatic rings. The van der Waals surface area contributed by atoms with E-state index in [9.17, 15) is 0 Å². The molecule has 0 bridgehead atoms. The first kappa shape index (κ1) is 34.7. The van der Waals surface area contributed by atoms with Gasteiger partial charge in [0.25, 0.3) is 0 Å². The summed E-state index contributed by atoms with van der Waals surface area (Å²) in [7, 11) is 3.04. The molecule has 0 aliphatic carbocycles. The molecule has 0 radical (unpaired) electrons. The van der Waals surface area contributed by atoms with Gasteiger partial charge < -0.3 is 25.0 Å². The lowest BCUT2D eigenvalue weighted by molar-refractivity contribution is 0.0672. The molecule has 2 N–H and O–H groups in total. The molecule has 4 heterocycles. The molecule has 6 rings (SSSR count). The number of ether oxygens (including phenoxy) is 2. The van der Waals surface area contributed by atoms with E-state index in [1.807, 2.05) is 6.07 Å². The average molecular weight is 737 g/mol. The van der Waals surface area contributed by atoms with E-state index in [4.69, 9.17) is 14.5 Å². The van der Waals surface area contributed by atoms with Crippen molar-refractivity contribution in [2.24, 2.45) is 0 Å². The van der Waals surface area contributed by atoms with E-state index in [1.165, 1.54) is 24.1 Å². The lowest BCUT2D eigenvalue weighted by atomic mass is 9.99. The third-order valence-electron chi connectivity index (χ3n) is 9.43. The molecule has 11 nitrogen and oxygen atoms in total. The fourth-order valence-electron chi connectivity index (χ4n) is 6.84. The maximum atomic E-state index is 5.93. The van der Waals surface area contributed by atoms with Crippen LogP contribution >= 0.6 is 23.9 Å². The van der Waals surface area contributed by atoms with Crippen LogP contribution in [0.3, 0.4) is 0 Å². The van der Waals surface area contributed by atoms with Crippen LogP contribution in [0.4, 0.5) is 28.8 Å². The Morgan fingerprint density at radius 1 is 0.938 bits per heavy atom. The summed E-state index contributed by atoms with van der Waals surface area (Å²) in [5, 5.41) is 8.15. The Morgan fingerprint density at radius 3 is 2.42 bits per heavy atom. The van der Waals surface area contributed by atoms with Crippen molar-refractivity contribution in [3.63, 3.8) is 0 Å². The van der Waals surface area contributed by atoms with Crippen molar-refractivity contribution >= 4 is 69.0 Å². The molecular formula is C35H47BrN9O2P. The zero-order chi connectivity index (χ0) is 33.6. The molecule has 4 aromatic rings. The fourth-order valence-corrected chi connectivity index (χ4v) is 8.34. The molecule has 2 saturated heterocycles. The molecule has 13 heteroatoms. The highest BCUT2D eigenvalue weighted by Crippen LogP contribution is 2.38. The number of hydrogen-bond acceptors (Lipinski definition) is 11. The summed E-state index contributed by atoms with van der Waals surface area (Å²) >= 11 is 3.65. The van der Waals surface area contributed by atoms with E-state index in [0.29, 0.717) is 17.8 Å². The molecule has 0 atom stereocenters. The van der Waals surface area contributed by atoms with Crippen LogP contribution in [-0.4, -0.2) is 116 Å². The van der Waals surface area contributed by atoms with E-state index in [2.05, 4.69) is 94.7 Å². The Balaban J connectivity index is 1.16. The fraction of sp³-hybridized carbons (Fsp3) is 0.486. The van der Waals surface area contributed by atoms with Crippen LogP contribution in [0.5, 0.6) is 5.75 Å². The number of aryl methyl sites for hydroxylation is 1. The maximum Gasteiger partial charge on any atom is 0.229 e. The number of nitrogens with one attached hydrogen (secondary N) is 2. The Labute approximate surface area is 293 Å². The number of methoxy groups -OCH3 is 2. The highest BCUT2D eigenvalue weighted by atomic mass is 79.9. The number of aromatic nitrogens is 4. The second-order valence-electron chi connectivity index (χ2n) is 12.5. The number of benzene rings is 2. The van der Waals surface area contributed by atoms with E-state index < -0.39 is 7.92 Å². The first-order valence-corrected chi connectivity index (χ1v) is 19.8. The number of anilines is 5. The number of halogens is 1. The number of fused-ring (bicyclic) bond motifs is 1. The normalized spacial score (nSPS) is 16.5. The van der Waals surface area contributed by atoms with Crippen molar-refractivity contribution in [2.45, 2.75) is 32.2 Å². The van der Waals surface area contributed by atoms with Gasteiger partial charge in [0.15, 0.2) is 0 Å². The number of piperidine rings is 1. The summed E-state index contributed by atoms with van der Waals surface area (Å²) in [6.45, 7) is 15.2. The Hall–Kier alpha value is -3.15. The van der Waals surface area contributed by atoms with Crippen molar-refractivity contribution in [3.8, 4) is 5.75 Å². The van der Waals surface area contributed by atoms with Gasteiger partial charge in [-0.25, -0.2) is 4.98 Å². The molecule has 2 fully saturated rings. The first-order valence-electron chi connectivity index (χ1n) is 16.8.